The Morgan fingerprint density at radius 3 is 2.72 bits per heavy atom. The minimum absolute atomic E-state index is 0.00457. The highest BCUT2D eigenvalue weighted by atomic mass is 16.5. The van der Waals surface area contributed by atoms with Crippen molar-refractivity contribution >= 4 is 17.5 Å². The molecule has 2 atom stereocenters. The minimum Gasteiger partial charge on any atom is -0.495 e. The molecule has 2 aromatic rings. The van der Waals surface area contributed by atoms with Crippen molar-refractivity contribution in [1.29, 1.82) is 0 Å². The number of anilines is 1. The highest BCUT2D eigenvalue weighted by Crippen LogP contribution is 2.40. The predicted molar refractivity (Wildman–Crippen MR) is 119 cm³/mol. The first-order valence-corrected chi connectivity index (χ1v) is 11.3. The lowest BCUT2D eigenvalue weighted by molar-refractivity contribution is -0.136. The summed E-state index contributed by atoms with van der Waals surface area (Å²) >= 11 is 0. The summed E-state index contributed by atoms with van der Waals surface area (Å²) in [5, 5.41) is 0. The molecule has 7 heteroatoms. The second kappa shape index (κ2) is 8.73. The van der Waals surface area contributed by atoms with Gasteiger partial charge >= 0.3 is 0 Å². The Balaban J connectivity index is 1.34. The molecule has 2 fully saturated rings. The van der Waals surface area contributed by atoms with E-state index in [4.69, 9.17) is 14.2 Å². The Bertz CT molecular complexity index is 1020. The number of benzene rings is 2. The van der Waals surface area contributed by atoms with Gasteiger partial charge in [-0.2, -0.15) is 0 Å². The quantitative estimate of drug-likeness (QED) is 0.733. The van der Waals surface area contributed by atoms with Crippen LogP contribution >= 0.6 is 0 Å². The molecule has 2 saturated heterocycles. The maximum atomic E-state index is 13.5. The normalized spacial score (nSPS) is 22.7. The molecule has 3 aliphatic heterocycles. The molecule has 0 radical (unpaired) electrons. The molecular weight excluding hydrogens is 408 g/mol. The summed E-state index contributed by atoms with van der Waals surface area (Å²) in [6.45, 7) is 2.37. The van der Waals surface area contributed by atoms with E-state index in [-0.39, 0.29) is 30.2 Å². The van der Waals surface area contributed by atoms with E-state index < -0.39 is 0 Å². The molecule has 0 bridgehead atoms. The lowest BCUT2D eigenvalue weighted by Gasteiger charge is -2.28. The van der Waals surface area contributed by atoms with Crippen LogP contribution in [0.4, 0.5) is 5.69 Å². The number of likely N-dealkylation sites (tertiary alicyclic amines) is 1. The third kappa shape index (κ3) is 3.76. The highest BCUT2D eigenvalue weighted by Gasteiger charge is 2.41. The van der Waals surface area contributed by atoms with Crippen molar-refractivity contribution in [3.05, 3.63) is 48.0 Å². The maximum Gasteiger partial charge on any atom is 0.228 e. The van der Waals surface area contributed by atoms with E-state index in [1.165, 1.54) is 0 Å². The van der Waals surface area contributed by atoms with Crippen LogP contribution in [0.3, 0.4) is 0 Å². The van der Waals surface area contributed by atoms with Crippen LogP contribution in [0.15, 0.2) is 42.5 Å². The number of fused-ring (bicyclic) bond motifs is 1. The Morgan fingerprint density at radius 1 is 1.06 bits per heavy atom. The van der Waals surface area contributed by atoms with Crippen LogP contribution in [0.2, 0.25) is 0 Å². The van der Waals surface area contributed by atoms with Crippen molar-refractivity contribution in [2.45, 2.75) is 31.7 Å². The van der Waals surface area contributed by atoms with E-state index in [1.807, 2.05) is 47.4 Å². The second-order valence-corrected chi connectivity index (χ2v) is 8.52. The van der Waals surface area contributed by atoms with Gasteiger partial charge in [0.2, 0.25) is 11.8 Å². The van der Waals surface area contributed by atoms with Gasteiger partial charge < -0.3 is 24.0 Å². The number of amides is 2. The fourth-order valence-electron chi connectivity index (χ4n) is 4.96. The number of rotatable bonds is 4. The van der Waals surface area contributed by atoms with Crippen molar-refractivity contribution < 1.29 is 23.8 Å². The standard InChI is InChI=1S/C25H28N2O5/c1-30-21-8-3-2-6-20(21)27-16-18(15-24(27)28)25(29)26-11-4-7-19(26)17-9-10-22-23(14-17)32-13-5-12-31-22/h2-3,6,8-10,14,18-19H,4-5,7,11-13,15-16H2,1H3/t18-,19+/m1/s1. The van der Waals surface area contributed by atoms with E-state index in [9.17, 15) is 9.59 Å². The predicted octanol–water partition coefficient (Wildman–Crippen LogP) is 3.57. The van der Waals surface area contributed by atoms with E-state index in [2.05, 4.69) is 0 Å². The molecule has 0 aromatic heterocycles. The molecular formula is C25H28N2O5. The van der Waals surface area contributed by atoms with Gasteiger partial charge in [-0.05, 0) is 42.7 Å². The van der Waals surface area contributed by atoms with Crippen molar-refractivity contribution in [2.24, 2.45) is 5.92 Å². The molecule has 0 N–H and O–H groups in total. The summed E-state index contributed by atoms with van der Waals surface area (Å²) in [5.41, 5.74) is 1.78. The van der Waals surface area contributed by atoms with Crippen molar-refractivity contribution in [2.75, 3.05) is 38.3 Å². The smallest absolute Gasteiger partial charge is 0.228 e. The molecule has 2 amide bonds. The SMILES string of the molecule is COc1ccccc1N1C[C@H](C(=O)N2CCC[C@H]2c2ccc3c(c2)OCCCO3)CC1=O. The van der Waals surface area contributed by atoms with Gasteiger partial charge in [0.25, 0.3) is 0 Å². The number of ether oxygens (including phenoxy) is 3. The molecule has 2 aromatic carbocycles. The summed E-state index contributed by atoms with van der Waals surface area (Å²) in [4.78, 5) is 29.9. The van der Waals surface area contributed by atoms with Gasteiger partial charge in [0.1, 0.15) is 5.75 Å². The molecule has 0 unspecified atom stereocenters. The van der Waals surface area contributed by atoms with E-state index in [0.717, 1.165) is 42.0 Å². The Labute approximate surface area is 187 Å². The van der Waals surface area contributed by atoms with Crippen LogP contribution in [-0.4, -0.2) is 50.1 Å². The topological polar surface area (TPSA) is 68.3 Å². The highest BCUT2D eigenvalue weighted by molar-refractivity contribution is 6.01. The molecule has 7 nitrogen and oxygen atoms in total. The molecule has 0 aliphatic carbocycles. The van der Waals surface area contributed by atoms with E-state index in [0.29, 0.717) is 32.1 Å². The summed E-state index contributed by atoms with van der Waals surface area (Å²) in [5.74, 6) is 1.80. The molecule has 0 saturated carbocycles. The Morgan fingerprint density at radius 2 is 1.88 bits per heavy atom. The first-order valence-electron chi connectivity index (χ1n) is 11.3. The third-order valence-electron chi connectivity index (χ3n) is 6.54. The Kier molecular flexibility index (Phi) is 5.64. The van der Waals surface area contributed by atoms with Crippen molar-refractivity contribution in [1.82, 2.24) is 4.90 Å². The number of carbonyl (C=O) groups excluding carboxylic acids is 2. The number of nitrogens with zero attached hydrogens (tertiary/aromatic N) is 2. The first kappa shape index (κ1) is 20.7. The summed E-state index contributed by atoms with van der Waals surface area (Å²) in [6, 6.07) is 13.4. The fourth-order valence-corrected chi connectivity index (χ4v) is 4.96. The lowest BCUT2D eigenvalue weighted by Crippen LogP contribution is -2.37. The van der Waals surface area contributed by atoms with Crippen molar-refractivity contribution in [3.8, 4) is 17.2 Å². The van der Waals surface area contributed by atoms with Gasteiger partial charge in [-0.25, -0.2) is 0 Å². The fraction of sp³-hybridized carbons (Fsp3) is 0.440. The summed E-state index contributed by atoms with van der Waals surface area (Å²) in [6.07, 6.45) is 2.93. The number of para-hydroxylation sites is 2. The van der Waals surface area contributed by atoms with Gasteiger partial charge in [-0.15, -0.1) is 0 Å². The van der Waals surface area contributed by atoms with Crippen LogP contribution in [0.1, 0.15) is 37.3 Å². The number of hydrogen-bond donors (Lipinski definition) is 0. The van der Waals surface area contributed by atoms with Gasteiger partial charge in [-0.3, -0.25) is 9.59 Å². The Hall–Kier alpha value is -3.22. The van der Waals surface area contributed by atoms with Crippen LogP contribution in [0.25, 0.3) is 0 Å². The van der Waals surface area contributed by atoms with Gasteiger partial charge in [-0.1, -0.05) is 18.2 Å². The van der Waals surface area contributed by atoms with Crippen LogP contribution < -0.4 is 19.1 Å². The molecule has 0 spiro atoms. The third-order valence-corrected chi connectivity index (χ3v) is 6.54. The number of carbonyl (C=O) groups is 2. The van der Waals surface area contributed by atoms with Gasteiger partial charge in [0.15, 0.2) is 11.5 Å². The summed E-state index contributed by atoms with van der Waals surface area (Å²) in [7, 11) is 1.59. The zero-order chi connectivity index (χ0) is 22.1. The van der Waals surface area contributed by atoms with Crippen molar-refractivity contribution in [3.63, 3.8) is 0 Å². The molecule has 3 aliphatic rings. The average molecular weight is 437 g/mol. The first-order chi connectivity index (χ1) is 15.7. The average Bonchev–Trinajstić information content (AvgIpc) is 3.39. The van der Waals surface area contributed by atoms with E-state index in [1.54, 1.807) is 12.0 Å². The molecule has 168 valence electrons. The van der Waals surface area contributed by atoms with Gasteiger partial charge in [0, 0.05) is 25.9 Å². The molecule has 32 heavy (non-hydrogen) atoms. The van der Waals surface area contributed by atoms with Crippen LogP contribution in [0.5, 0.6) is 17.2 Å². The zero-order valence-electron chi connectivity index (χ0n) is 18.3. The number of methoxy groups -OCH3 is 1. The van der Waals surface area contributed by atoms with Crippen LogP contribution in [-0.2, 0) is 9.59 Å². The summed E-state index contributed by atoms with van der Waals surface area (Å²) < 4.78 is 17.0. The van der Waals surface area contributed by atoms with Gasteiger partial charge in [0.05, 0.1) is 38.0 Å². The second-order valence-electron chi connectivity index (χ2n) is 8.52. The lowest BCUT2D eigenvalue weighted by atomic mass is 10.0. The monoisotopic (exact) mass is 436 g/mol. The maximum absolute atomic E-state index is 13.5. The number of hydrogen-bond acceptors (Lipinski definition) is 5. The zero-order valence-corrected chi connectivity index (χ0v) is 18.3. The molecule has 5 rings (SSSR count). The largest absolute Gasteiger partial charge is 0.495 e. The van der Waals surface area contributed by atoms with Crippen LogP contribution in [0, 0.1) is 5.92 Å². The van der Waals surface area contributed by atoms with E-state index >= 15 is 0 Å². The molecule has 3 heterocycles. The minimum atomic E-state index is -0.353.